The first-order valence-electron chi connectivity index (χ1n) is 7.73. The number of rotatable bonds is 7. The number of carbonyl (C=O) groups is 4. The van der Waals surface area contributed by atoms with Crippen LogP contribution in [-0.2, 0) is 19.1 Å². The lowest BCUT2D eigenvalue weighted by Gasteiger charge is -2.16. The minimum absolute atomic E-state index is 0.0273. The van der Waals surface area contributed by atoms with Crippen LogP contribution in [0.4, 0.5) is 16.2 Å². The largest absolute Gasteiger partial charge is 0.453 e. The Bertz CT molecular complexity index is 630. The number of amides is 4. The number of likely N-dealkylation sites (N-methyl/N-ethyl adjacent to an activating group) is 1. The zero-order valence-electron chi connectivity index (χ0n) is 14.5. The van der Waals surface area contributed by atoms with Crippen molar-refractivity contribution in [2.24, 2.45) is 0 Å². The minimum atomic E-state index is -0.829. The Morgan fingerprint density at radius 1 is 0.960 bits per heavy atom. The number of nitrogens with one attached hydrogen (secondary N) is 4. The van der Waals surface area contributed by atoms with Gasteiger partial charge in [-0.2, -0.15) is 0 Å². The highest BCUT2D eigenvalue weighted by Gasteiger charge is 2.18. The van der Waals surface area contributed by atoms with E-state index in [4.69, 9.17) is 0 Å². The third kappa shape index (κ3) is 7.93. The molecule has 0 saturated carbocycles. The number of ether oxygens (including phenoxy) is 1. The Morgan fingerprint density at radius 2 is 1.48 bits per heavy atom. The van der Waals surface area contributed by atoms with E-state index >= 15 is 0 Å². The van der Waals surface area contributed by atoms with Crippen molar-refractivity contribution in [2.75, 3.05) is 37.4 Å². The fourth-order valence-electron chi connectivity index (χ4n) is 2.02. The zero-order chi connectivity index (χ0) is 18.8. The second-order valence-electron chi connectivity index (χ2n) is 5.30. The molecule has 0 fully saturated rings. The maximum atomic E-state index is 12.1. The van der Waals surface area contributed by atoms with E-state index in [1.54, 1.807) is 24.3 Å². The number of carbonyl (C=O) groups excluding carboxylic acids is 4. The summed E-state index contributed by atoms with van der Waals surface area (Å²) < 4.78 is 4.34. The monoisotopic (exact) mass is 351 g/mol. The minimum Gasteiger partial charge on any atom is -0.453 e. The number of quaternary nitrogens is 1. The van der Waals surface area contributed by atoms with E-state index in [2.05, 4.69) is 20.7 Å². The summed E-state index contributed by atoms with van der Waals surface area (Å²) in [6.07, 6.45) is -0.829. The van der Waals surface area contributed by atoms with Gasteiger partial charge >= 0.3 is 6.09 Å². The molecule has 1 atom stereocenters. The molecule has 4 N–H and O–H groups in total. The van der Waals surface area contributed by atoms with Crippen molar-refractivity contribution in [1.82, 2.24) is 5.32 Å². The van der Waals surface area contributed by atoms with Crippen LogP contribution in [0.25, 0.3) is 0 Å². The van der Waals surface area contributed by atoms with E-state index in [1.165, 1.54) is 6.92 Å². The Morgan fingerprint density at radius 3 is 1.96 bits per heavy atom. The summed E-state index contributed by atoms with van der Waals surface area (Å²) in [5, 5.41) is 7.40. The molecule has 0 spiro atoms. The predicted octanol–water partition coefficient (Wildman–Crippen LogP) is -0.629. The number of benzene rings is 1. The summed E-state index contributed by atoms with van der Waals surface area (Å²) in [5.41, 5.74) is 1.21. The van der Waals surface area contributed by atoms with Crippen LogP contribution in [0, 0.1) is 0 Å². The fourth-order valence-corrected chi connectivity index (χ4v) is 2.02. The van der Waals surface area contributed by atoms with Crippen molar-refractivity contribution in [1.29, 1.82) is 0 Å². The molecule has 1 rings (SSSR count). The van der Waals surface area contributed by atoms with E-state index in [0.717, 1.165) is 7.11 Å². The Hall–Kier alpha value is -2.94. The highest BCUT2D eigenvalue weighted by molar-refractivity contribution is 5.94. The van der Waals surface area contributed by atoms with Crippen molar-refractivity contribution in [3.8, 4) is 0 Å². The smallest absolute Gasteiger partial charge is 0.413 e. The van der Waals surface area contributed by atoms with Gasteiger partial charge in [0.1, 0.15) is 0 Å². The molecule has 1 aromatic carbocycles. The molecule has 0 aliphatic carbocycles. The summed E-state index contributed by atoms with van der Waals surface area (Å²) in [6, 6.07) is 6.67. The molecule has 0 saturated heterocycles. The fraction of sp³-hybridized carbons (Fsp3) is 0.375. The number of imide groups is 1. The molecule has 0 bridgehead atoms. The van der Waals surface area contributed by atoms with E-state index in [1.807, 2.05) is 6.92 Å². The van der Waals surface area contributed by atoms with Gasteiger partial charge in [-0.05, 0) is 31.2 Å². The van der Waals surface area contributed by atoms with Crippen molar-refractivity contribution in [2.45, 2.75) is 13.8 Å². The summed E-state index contributed by atoms with van der Waals surface area (Å²) in [4.78, 5) is 46.4. The predicted molar refractivity (Wildman–Crippen MR) is 91.2 cm³/mol. The number of alkyl carbamates (subject to hydrolysis) is 1. The molecule has 0 heterocycles. The lowest BCUT2D eigenvalue weighted by atomic mass is 10.2. The first kappa shape index (κ1) is 20.1. The second kappa shape index (κ2) is 10.0. The average Bonchev–Trinajstić information content (AvgIpc) is 2.55. The van der Waals surface area contributed by atoms with Crippen molar-refractivity contribution < 1.29 is 28.8 Å². The summed E-state index contributed by atoms with van der Waals surface area (Å²) in [7, 11) is 1.16. The molecule has 9 heteroatoms. The SMILES string of the molecule is CC[NH+](CC(=O)NC(=O)OC)CC(=O)Nc1ccc(NC(C)=O)cc1. The molecule has 1 aromatic rings. The molecular formula is C16H23N4O5+. The molecule has 4 amide bonds. The molecule has 9 nitrogen and oxygen atoms in total. The van der Waals surface area contributed by atoms with Crippen molar-refractivity contribution >= 4 is 35.2 Å². The van der Waals surface area contributed by atoms with Gasteiger partial charge in [0.05, 0.1) is 13.7 Å². The molecule has 0 aliphatic heterocycles. The summed E-state index contributed by atoms with van der Waals surface area (Å²) in [5.74, 6) is -0.963. The van der Waals surface area contributed by atoms with Crippen molar-refractivity contribution in [3.05, 3.63) is 24.3 Å². The average molecular weight is 351 g/mol. The maximum Gasteiger partial charge on any atom is 0.413 e. The molecule has 0 aliphatic rings. The normalized spacial score (nSPS) is 11.2. The quantitative estimate of drug-likeness (QED) is 0.522. The van der Waals surface area contributed by atoms with Crippen molar-refractivity contribution in [3.63, 3.8) is 0 Å². The molecular weight excluding hydrogens is 328 g/mol. The van der Waals surface area contributed by atoms with E-state index in [-0.39, 0.29) is 24.9 Å². The number of anilines is 2. The third-order valence-corrected chi connectivity index (χ3v) is 3.24. The Kier molecular flexibility index (Phi) is 8.07. The van der Waals surface area contributed by atoms with Gasteiger partial charge in [0.15, 0.2) is 13.1 Å². The lowest BCUT2D eigenvalue weighted by molar-refractivity contribution is -0.881. The van der Waals surface area contributed by atoms with Crippen LogP contribution in [0.5, 0.6) is 0 Å². The van der Waals surface area contributed by atoms with Gasteiger partial charge in [0.25, 0.3) is 11.8 Å². The third-order valence-electron chi connectivity index (χ3n) is 3.24. The maximum absolute atomic E-state index is 12.1. The van der Waals surface area contributed by atoms with Gasteiger partial charge in [0.2, 0.25) is 5.91 Å². The van der Waals surface area contributed by atoms with Gasteiger partial charge < -0.3 is 20.3 Å². The highest BCUT2D eigenvalue weighted by Crippen LogP contribution is 2.13. The van der Waals surface area contributed by atoms with E-state index in [9.17, 15) is 19.2 Å². The van der Waals surface area contributed by atoms with Crippen LogP contribution in [-0.4, -0.2) is 50.6 Å². The standard InChI is InChI=1S/C16H22N4O5/c1-4-20(10-15(23)19-16(24)25-3)9-14(22)18-13-7-5-12(6-8-13)17-11(2)21/h5-8H,4,9-10H2,1-3H3,(H,17,21)(H,18,22)(H,19,23,24)/p+1. The summed E-state index contributed by atoms with van der Waals surface area (Å²) >= 11 is 0. The zero-order valence-corrected chi connectivity index (χ0v) is 14.5. The van der Waals surface area contributed by atoms with E-state index in [0.29, 0.717) is 22.8 Å². The van der Waals surface area contributed by atoms with Crippen LogP contribution >= 0.6 is 0 Å². The van der Waals surface area contributed by atoms with Crippen LogP contribution in [0.2, 0.25) is 0 Å². The Balaban J connectivity index is 2.51. The number of methoxy groups -OCH3 is 1. The Labute approximate surface area is 145 Å². The number of hydrogen-bond donors (Lipinski definition) is 4. The van der Waals surface area contributed by atoms with Crippen LogP contribution in [0.1, 0.15) is 13.8 Å². The van der Waals surface area contributed by atoms with Gasteiger partial charge in [0, 0.05) is 18.3 Å². The van der Waals surface area contributed by atoms with Gasteiger partial charge in [-0.25, -0.2) is 4.79 Å². The molecule has 1 unspecified atom stereocenters. The van der Waals surface area contributed by atoms with E-state index < -0.39 is 12.0 Å². The summed E-state index contributed by atoms with van der Waals surface area (Å²) in [6.45, 7) is 3.81. The lowest BCUT2D eigenvalue weighted by Crippen LogP contribution is -3.14. The van der Waals surface area contributed by atoms with Crippen LogP contribution in [0.3, 0.4) is 0 Å². The van der Waals surface area contributed by atoms with Gasteiger partial charge in [-0.1, -0.05) is 0 Å². The highest BCUT2D eigenvalue weighted by atomic mass is 16.5. The van der Waals surface area contributed by atoms with Gasteiger partial charge in [-0.15, -0.1) is 0 Å². The molecule has 136 valence electrons. The number of hydrogen-bond acceptors (Lipinski definition) is 5. The first-order chi connectivity index (χ1) is 11.8. The molecule has 25 heavy (non-hydrogen) atoms. The molecule has 0 aromatic heterocycles. The molecule has 0 radical (unpaired) electrons. The first-order valence-corrected chi connectivity index (χ1v) is 7.73. The second-order valence-corrected chi connectivity index (χ2v) is 5.30. The van der Waals surface area contributed by atoms with Crippen LogP contribution < -0.4 is 20.9 Å². The topological polar surface area (TPSA) is 118 Å². The van der Waals surface area contributed by atoms with Crippen LogP contribution in [0.15, 0.2) is 24.3 Å². The van der Waals surface area contributed by atoms with Gasteiger partial charge in [-0.3, -0.25) is 19.7 Å².